The molecule has 4 rings (SSSR count). The van der Waals surface area contributed by atoms with Crippen molar-refractivity contribution < 1.29 is 23.0 Å². The SMILES string of the molecule is Cn1c(NC(=O)c2ccnc(C3CCOCC3)n2)cnc1C1CCC(OC(F)F)CC1. The predicted molar refractivity (Wildman–Crippen MR) is 108 cm³/mol. The molecule has 2 aromatic heterocycles. The van der Waals surface area contributed by atoms with Crippen molar-refractivity contribution >= 4 is 11.7 Å². The first-order valence-electron chi connectivity index (χ1n) is 10.7. The van der Waals surface area contributed by atoms with Crippen molar-refractivity contribution in [1.82, 2.24) is 19.5 Å². The number of rotatable bonds is 6. The lowest BCUT2D eigenvalue weighted by Gasteiger charge is -2.28. The quantitative estimate of drug-likeness (QED) is 0.745. The van der Waals surface area contributed by atoms with Crippen LogP contribution in [-0.4, -0.2) is 51.4 Å². The zero-order chi connectivity index (χ0) is 21.8. The number of anilines is 1. The van der Waals surface area contributed by atoms with Crippen LogP contribution in [0.4, 0.5) is 14.6 Å². The summed E-state index contributed by atoms with van der Waals surface area (Å²) in [5.41, 5.74) is 0.309. The number of carbonyl (C=O) groups excluding carboxylic acids is 1. The summed E-state index contributed by atoms with van der Waals surface area (Å²) in [4.78, 5) is 26.1. The Bertz CT molecular complexity index is 893. The standard InChI is InChI=1S/C21H27F2N5O3/c1-28-17(12-25-19(28)14-2-4-15(5-3-14)31-21(22)23)27-20(29)16-6-9-24-18(26-16)13-7-10-30-11-8-13/h6,9,12-15,21H,2-5,7-8,10-11H2,1H3,(H,27,29). The Morgan fingerprint density at radius 2 is 1.90 bits per heavy atom. The van der Waals surface area contributed by atoms with E-state index in [9.17, 15) is 13.6 Å². The topological polar surface area (TPSA) is 91.2 Å². The summed E-state index contributed by atoms with van der Waals surface area (Å²) in [6.07, 6.45) is 7.10. The molecule has 8 nitrogen and oxygen atoms in total. The predicted octanol–water partition coefficient (Wildman–Crippen LogP) is 3.62. The molecule has 0 atom stereocenters. The molecule has 0 radical (unpaired) electrons. The van der Waals surface area contributed by atoms with E-state index in [0.717, 1.165) is 31.5 Å². The third-order valence-corrected chi connectivity index (χ3v) is 6.09. The molecule has 1 aliphatic heterocycles. The van der Waals surface area contributed by atoms with Gasteiger partial charge in [-0.2, -0.15) is 8.78 Å². The molecule has 2 fully saturated rings. The lowest BCUT2D eigenvalue weighted by atomic mass is 9.87. The number of alkyl halides is 2. The fourth-order valence-electron chi connectivity index (χ4n) is 4.35. The molecule has 1 N–H and O–H groups in total. The van der Waals surface area contributed by atoms with Crippen LogP contribution in [0.5, 0.6) is 0 Å². The van der Waals surface area contributed by atoms with E-state index in [-0.39, 0.29) is 17.7 Å². The molecule has 10 heteroatoms. The second-order valence-electron chi connectivity index (χ2n) is 8.07. The Hall–Kier alpha value is -2.46. The highest BCUT2D eigenvalue weighted by atomic mass is 19.3. The molecule has 1 amide bonds. The number of hydrogen-bond acceptors (Lipinski definition) is 6. The van der Waals surface area contributed by atoms with Crippen LogP contribution in [0.1, 0.15) is 72.5 Å². The number of halogens is 2. The lowest BCUT2D eigenvalue weighted by molar-refractivity contribution is -0.170. The number of imidazole rings is 1. The van der Waals surface area contributed by atoms with Crippen LogP contribution in [0.3, 0.4) is 0 Å². The van der Waals surface area contributed by atoms with Crippen molar-refractivity contribution in [3.05, 3.63) is 35.8 Å². The van der Waals surface area contributed by atoms with Crippen molar-refractivity contribution in [3.63, 3.8) is 0 Å². The minimum absolute atomic E-state index is 0.146. The highest BCUT2D eigenvalue weighted by molar-refractivity contribution is 6.02. The van der Waals surface area contributed by atoms with Gasteiger partial charge in [0.05, 0.1) is 12.3 Å². The Kier molecular flexibility index (Phi) is 6.86. The van der Waals surface area contributed by atoms with Gasteiger partial charge in [-0.25, -0.2) is 15.0 Å². The van der Waals surface area contributed by atoms with Gasteiger partial charge in [0.25, 0.3) is 5.91 Å². The smallest absolute Gasteiger partial charge is 0.345 e. The molecule has 3 heterocycles. The summed E-state index contributed by atoms with van der Waals surface area (Å²) >= 11 is 0. The van der Waals surface area contributed by atoms with Gasteiger partial charge in [-0.1, -0.05) is 0 Å². The fraction of sp³-hybridized carbons (Fsp3) is 0.619. The van der Waals surface area contributed by atoms with Crippen molar-refractivity contribution in [3.8, 4) is 0 Å². The average Bonchev–Trinajstić information content (AvgIpc) is 3.14. The molecule has 0 unspecified atom stereocenters. The highest BCUT2D eigenvalue weighted by Crippen LogP contribution is 2.34. The third kappa shape index (κ3) is 5.24. The maximum absolute atomic E-state index is 12.8. The zero-order valence-electron chi connectivity index (χ0n) is 17.5. The molecule has 168 valence electrons. The second kappa shape index (κ2) is 9.78. The van der Waals surface area contributed by atoms with E-state index in [1.807, 2.05) is 11.6 Å². The van der Waals surface area contributed by atoms with Gasteiger partial charge in [0, 0.05) is 38.3 Å². The van der Waals surface area contributed by atoms with Crippen molar-refractivity contribution in [2.24, 2.45) is 7.05 Å². The van der Waals surface area contributed by atoms with Gasteiger partial charge in [-0.15, -0.1) is 0 Å². The Labute approximate surface area is 179 Å². The number of hydrogen-bond donors (Lipinski definition) is 1. The van der Waals surface area contributed by atoms with E-state index in [1.165, 1.54) is 0 Å². The van der Waals surface area contributed by atoms with E-state index in [1.54, 1.807) is 18.5 Å². The number of nitrogens with zero attached hydrogens (tertiary/aromatic N) is 4. The minimum Gasteiger partial charge on any atom is -0.381 e. The Morgan fingerprint density at radius 3 is 2.61 bits per heavy atom. The van der Waals surface area contributed by atoms with Crippen molar-refractivity contribution in [2.45, 2.75) is 63.1 Å². The summed E-state index contributed by atoms with van der Waals surface area (Å²) in [5.74, 6) is 2.10. The van der Waals surface area contributed by atoms with Crippen LogP contribution in [0.2, 0.25) is 0 Å². The molecule has 1 aliphatic carbocycles. The van der Waals surface area contributed by atoms with E-state index < -0.39 is 12.7 Å². The number of nitrogens with one attached hydrogen (secondary N) is 1. The maximum atomic E-state index is 12.8. The van der Waals surface area contributed by atoms with Gasteiger partial charge in [-0.3, -0.25) is 4.79 Å². The van der Waals surface area contributed by atoms with Crippen LogP contribution in [0.15, 0.2) is 18.5 Å². The van der Waals surface area contributed by atoms with Crippen LogP contribution in [0.25, 0.3) is 0 Å². The van der Waals surface area contributed by atoms with E-state index >= 15 is 0 Å². The van der Waals surface area contributed by atoms with Crippen LogP contribution in [0, 0.1) is 0 Å². The molecule has 2 aromatic rings. The van der Waals surface area contributed by atoms with Gasteiger partial charge >= 0.3 is 6.61 Å². The van der Waals surface area contributed by atoms with E-state index in [2.05, 4.69) is 25.0 Å². The lowest BCUT2D eigenvalue weighted by Crippen LogP contribution is -2.24. The summed E-state index contributed by atoms with van der Waals surface area (Å²) in [6, 6.07) is 1.60. The molecule has 1 saturated carbocycles. The van der Waals surface area contributed by atoms with Gasteiger partial charge < -0.3 is 19.4 Å². The monoisotopic (exact) mass is 435 g/mol. The van der Waals surface area contributed by atoms with Gasteiger partial charge in [0.1, 0.15) is 23.2 Å². The first-order valence-corrected chi connectivity index (χ1v) is 10.7. The van der Waals surface area contributed by atoms with E-state index in [4.69, 9.17) is 4.74 Å². The number of ether oxygens (including phenoxy) is 2. The Balaban J connectivity index is 1.39. The summed E-state index contributed by atoms with van der Waals surface area (Å²) in [6.45, 7) is -1.37. The average molecular weight is 435 g/mol. The fourth-order valence-corrected chi connectivity index (χ4v) is 4.35. The van der Waals surface area contributed by atoms with Gasteiger partial charge in [0.2, 0.25) is 0 Å². The molecule has 0 spiro atoms. The van der Waals surface area contributed by atoms with Crippen LogP contribution < -0.4 is 5.32 Å². The number of carbonyl (C=O) groups is 1. The summed E-state index contributed by atoms with van der Waals surface area (Å²) in [7, 11) is 1.84. The molecule has 0 bridgehead atoms. The van der Waals surface area contributed by atoms with Gasteiger partial charge in [0.15, 0.2) is 0 Å². The molecular formula is C21H27F2N5O3. The first kappa shape index (κ1) is 21.8. The Morgan fingerprint density at radius 1 is 1.16 bits per heavy atom. The zero-order valence-corrected chi connectivity index (χ0v) is 17.5. The van der Waals surface area contributed by atoms with Crippen molar-refractivity contribution in [2.75, 3.05) is 18.5 Å². The van der Waals surface area contributed by atoms with Gasteiger partial charge in [-0.05, 0) is 44.6 Å². The molecule has 1 saturated heterocycles. The second-order valence-corrected chi connectivity index (χ2v) is 8.07. The minimum atomic E-state index is -2.73. The third-order valence-electron chi connectivity index (χ3n) is 6.09. The summed E-state index contributed by atoms with van der Waals surface area (Å²) < 4.78 is 36.7. The van der Waals surface area contributed by atoms with Crippen molar-refractivity contribution in [1.29, 1.82) is 0 Å². The maximum Gasteiger partial charge on any atom is 0.345 e. The highest BCUT2D eigenvalue weighted by Gasteiger charge is 2.28. The number of amides is 1. The molecule has 31 heavy (non-hydrogen) atoms. The summed E-state index contributed by atoms with van der Waals surface area (Å²) in [5, 5.41) is 2.87. The molecule has 0 aromatic carbocycles. The van der Waals surface area contributed by atoms with Crippen LogP contribution in [-0.2, 0) is 16.5 Å². The molecule has 2 aliphatic rings. The normalized spacial score (nSPS) is 22.6. The first-order chi connectivity index (χ1) is 15.0. The van der Waals surface area contributed by atoms with E-state index in [0.29, 0.717) is 43.4 Å². The molecular weight excluding hydrogens is 408 g/mol. The van der Waals surface area contributed by atoms with Crippen LogP contribution >= 0.6 is 0 Å². The largest absolute Gasteiger partial charge is 0.381 e. The number of aromatic nitrogens is 4.